The number of carboxylic acid groups (broad SMARTS) is 1. The fourth-order valence-corrected chi connectivity index (χ4v) is 3.03. The monoisotopic (exact) mass is 369 g/mol. The lowest BCUT2D eigenvalue weighted by molar-refractivity contribution is 0.0695. The van der Waals surface area contributed by atoms with Gasteiger partial charge < -0.3 is 9.67 Å². The van der Waals surface area contributed by atoms with E-state index in [0.29, 0.717) is 11.1 Å². The number of fused-ring (bicyclic) bond motifs is 2. The molecule has 4 rings (SSSR count). The van der Waals surface area contributed by atoms with Crippen molar-refractivity contribution in [3.63, 3.8) is 0 Å². The maximum atomic E-state index is 13.6. The lowest BCUT2D eigenvalue weighted by atomic mass is 10.0. The van der Waals surface area contributed by atoms with Gasteiger partial charge in [-0.15, -0.1) is 0 Å². The molecule has 0 spiro atoms. The van der Waals surface area contributed by atoms with E-state index in [9.17, 15) is 27.9 Å². The van der Waals surface area contributed by atoms with Gasteiger partial charge in [-0.25, -0.2) is 18.0 Å². The van der Waals surface area contributed by atoms with Gasteiger partial charge in [0, 0.05) is 17.3 Å². The van der Waals surface area contributed by atoms with Gasteiger partial charge >= 0.3 is 5.97 Å². The molecular formula is C20H10F3NO3. The normalized spacial score (nSPS) is 11.2. The summed E-state index contributed by atoms with van der Waals surface area (Å²) < 4.78 is 41.8. The van der Waals surface area contributed by atoms with Gasteiger partial charge in [0.2, 0.25) is 5.43 Å². The zero-order chi connectivity index (χ0) is 19.3. The van der Waals surface area contributed by atoms with E-state index in [-0.39, 0.29) is 16.3 Å². The lowest BCUT2D eigenvalue weighted by Gasteiger charge is -2.13. The molecule has 0 amide bonds. The van der Waals surface area contributed by atoms with Gasteiger partial charge in [0.05, 0.1) is 5.52 Å². The highest BCUT2D eigenvalue weighted by atomic mass is 19.2. The predicted molar refractivity (Wildman–Crippen MR) is 93.9 cm³/mol. The van der Waals surface area contributed by atoms with Gasteiger partial charge in [-0.1, -0.05) is 0 Å². The van der Waals surface area contributed by atoms with E-state index in [1.807, 2.05) is 0 Å². The van der Waals surface area contributed by atoms with Crippen molar-refractivity contribution < 1.29 is 23.1 Å². The minimum absolute atomic E-state index is 0.0257. The van der Waals surface area contributed by atoms with E-state index >= 15 is 0 Å². The number of carbonyl (C=O) groups is 1. The maximum absolute atomic E-state index is 13.6. The lowest BCUT2D eigenvalue weighted by Crippen LogP contribution is -2.18. The van der Waals surface area contributed by atoms with Crippen LogP contribution >= 0.6 is 0 Å². The molecule has 0 radical (unpaired) electrons. The van der Waals surface area contributed by atoms with E-state index in [0.717, 1.165) is 18.3 Å². The summed E-state index contributed by atoms with van der Waals surface area (Å²) in [7, 11) is 0. The van der Waals surface area contributed by atoms with E-state index in [2.05, 4.69) is 0 Å². The summed E-state index contributed by atoms with van der Waals surface area (Å²) >= 11 is 0. The summed E-state index contributed by atoms with van der Waals surface area (Å²) in [5, 5.41) is 9.97. The fraction of sp³-hybridized carbons (Fsp3) is 0. The molecular weight excluding hydrogens is 359 g/mol. The molecule has 27 heavy (non-hydrogen) atoms. The quantitative estimate of drug-likeness (QED) is 0.537. The van der Waals surface area contributed by atoms with Gasteiger partial charge in [-0.3, -0.25) is 4.79 Å². The zero-order valence-electron chi connectivity index (χ0n) is 13.5. The molecule has 1 N–H and O–H groups in total. The molecule has 1 aromatic heterocycles. The number of rotatable bonds is 2. The second-order valence-electron chi connectivity index (χ2n) is 6.01. The molecule has 0 bridgehead atoms. The third-order valence-corrected chi connectivity index (χ3v) is 4.34. The third-order valence-electron chi connectivity index (χ3n) is 4.34. The van der Waals surface area contributed by atoms with Crippen LogP contribution in [-0.4, -0.2) is 15.6 Å². The third kappa shape index (κ3) is 2.73. The summed E-state index contributed by atoms with van der Waals surface area (Å²) in [4.78, 5) is 24.1. The van der Waals surface area contributed by atoms with Crippen molar-refractivity contribution in [3.05, 3.63) is 88.0 Å². The molecule has 0 saturated carbocycles. The number of halogens is 3. The van der Waals surface area contributed by atoms with E-state index in [1.165, 1.54) is 41.0 Å². The Labute approximate surface area is 149 Å². The van der Waals surface area contributed by atoms with Crippen molar-refractivity contribution >= 4 is 27.6 Å². The molecule has 4 aromatic rings. The van der Waals surface area contributed by atoms with Crippen molar-refractivity contribution in [2.24, 2.45) is 0 Å². The summed E-state index contributed by atoms with van der Waals surface area (Å²) in [6.45, 7) is 0. The number of carboxylic acids is 1. The molecule has 0 unspecified atom stereocenters. The smallest absolute Gasteiger partial charge is 0.341 e. The Balaban J connectivity index is 2.17. The van der Waals surface area contributed by atoms with Crippen molar-refractivity contribution in [2.75, 3.05) is 0 Å². The highest BCUT2D eigenvalue weighted by Gasteiger charge is 2.17. The second kappa shape index (κ2) is 5.98. The number of nitrogens with zero attached hydrogens (tertiary/aromatic N) is 1. The number of pyridine rings is 1. The number of aromatic nitrogens is 1. The molecule has 4 nitrogen and oxygen atoms in total. The first kappa shape index (κ1) is 16.8. The van der Waals surface area contributed by atoms with Gasteiger partial charge in [-0.05, 0) is 59.3 Å². The summed E-state index contributed by atoms with van der Waals surface area (Å²) in [5.41, 5.74) is -0.544. The van der Waals surface area contributed by atoms with Crippen LogP contribution in [0.3, 0.4) is 0 Å². The Morgan fingerprint density at radius 1 is 0.889 bits per heavy atom. The Hall–Kier alpha value is -3.61. The van der Waals surface area contributed by atoms with Gasteiger partial charge in [-0.2, -0.15) is 0 Å². The summed E-state index contributed by atoms with van der Waals surface area (Å²) in [5.74, 6) is -4.02. The molecule has 0 aliphatic carbocycles. The average Bonchev–Trinajstić information content (AvgIpc) is 2.63. The van der Waals surface area contributed by atoms with E-state index < -0.39 is 34.4 Å². The summed E-state index contributed by atoms with van der Waals surface area (Å²) in [6.07, 6.45) is 1.13. The molecule has 1 heterocycles. The predicted octanol–water partition coefficient (Wildman–Crippen LogP) is 4.26. The number of hydrogen-bond acceptors (Lipinski definition) is 2. The van der Waals surface area contributed by atoms with Crippen LogP contribution in [0.1, 0.15) is 10.4 Å². The van der Waals surface area contributed by atoms with Gasteiger partial charge in [0.25, 0.3) is 0 Å². The fourth-order valence-electron chi connectivity index (χ4n) is 3.03. The molecule has 0 aliphatic heterocycles. The molecule has 3 aromatic carbocycles. The standard InChI is InChI=1S/C20H10F3NO3/c21-12-1-3-13(4-2-12)24-9-15(20(26)27)19(25)14-5-10-6-16(22)17(23)7-11(10)8-18(14)24/h1-9H,(H,26,27). The Morgan fingerprint density at radius 2 is 1.48 bits per heavy atom. The first-order chi connectivity index (χ1) is 12.8. The van der Waals surface area contributed by atoms with Crippen LogP contribution < -0.4 is 5.43 Å². The van der Waals surface area contributed by atoms with Crippen LogP contribution in [0, 0.1) is 17.5 Å². The van der Waals surface area contributed by atoms with Crippen molar-refractivity contribution in [1.29, 1.82) is 0 Å². The Kier molecular flexibility index (Phi) is 3.73. The number of hydrogen-bond donors (Lipinski definition) is 1. The molecule has 0 fully saturated rings. The highest BCUT2D eigenvalue weighted by Crippen LogP contribution is 2.26. The zero-order valence-corrected chi connectivity index (χ0v) is 13.5. The van der Waals surface area contributed by atoms with E-state index in [4.69, 9.17) is 0 Å². The van der Waals surface area contributed by atoms with Crippen LogP contribution in [-0.2, 0) is 0 Å². The minimum atomic E-state index is -1.43. The molecule has 0 atom stereocenters. The van der Waals surface area contributed by atoms with Crippen LogP contribution in [0.15, 0.2) is 59.5 Å². The molecule has 0 aliphatic rings. The SMILES string of the molecule is O=C(O)c1cn(-c2ccc(F)cc2)c2cc3cc(F)c(F)cc3cc2c1=O. The highest BCUT2D eigenvalue weighted by molar-refractivity contribution is 6.00. The average molecular weight is 369 g/mol. The second-order valence-corrected chi connectivity index (χ2v) is 6.01. The topological polar surface area (TPSA) is 59.3 Å². The first-order valence-corrected chi connectivity index (χ1v) is 7.82. The minimum Gasteiger partial charge on any atom is -0.477 e. The first-order valence-electron chi connectivity index (χ1n) is 7.82. The van der Waals surface area contributed by atoms with Crippen LogP contribution in [0.25, 0.3) is 27.4 Å². The van der Waals surface area contributed by atoms with E-state index in [1.54, 1.807) is 0 Å². The van der Waals surface area contributed by atoms with Crippen molar-refractivity contribution in [3.8, 4) is 5.69 Å². The van der Waals surface area contributed by atoms with Crippen LogP contribution in [0.2, 0.25) is 0 Å². The van der Waals surface area contributed by atoms with Gasteiger partial charge in [0.15, 0.2) is 11.6 Å². The van der Waals surface area contributed by atoms with Crippen LogP contribution in [0.5, 0.6) is 0 Å². The van der Waals surface area contributed by atoms with Crippen molar-refractivity contribution in [1.82, 2.24) is 4.57 Å². The Morgan fingerprint density at radius 3 is 2.07 bits per heavy atom. The largest absolute Gasteiger partial charge is 0.477 e. The maximum Gasteiger partial charge on any atom is 0.341 e. The van der Waals surface area contributed by atoms with Crippen LogP contribution in [0.4, 0.5) is 13.2 Å². The molecule has 0 saturated heterocycles. The number of benzene rings is 3. The summed E-state index contributed by atoms with van der Waals surface area (Å²) in [6, 6.07) is 9.94. The Bertz CT molecular complexity index is 1290. The van der Waals surface area contributed by atoms with Gasteiger partial charge in [0.1, 0.15) is 11.4 Å². The molecule has 7 heteroatoms. The number of aromatic carboxylic acids is 1. The van der Waals surface area contributed by atoms with Crippen molar-refractivity contribution in [2.45, 2.75) is 0 Å². The molecule has 134 valence electrons.